The van der Waals surface area contributed by atoms with Gasteiger partial charge in [-0.25, -0.2) is 4.39 Å². The van der Waals surface area contributed by atoms with E-state index in [1.807, 2.05) is 6.92 Å². The van der Waals surface area contributed by atoms with Gasteiger partial charge >= 0.3 is 0 Å². The van der Waals surface area contributed by atoms with Crippen LogP contribution in [0, 0.1) is 11.2 Å². The third-order valence-corrected chi connectivity index (χ3v) is 3.61. The number of benzene rings is 1. The second kappa shape index (κ2) is 5.83. The molecule has 0 saturated heterocycles. The minimum atomic E-state index is -0.232. The lowest BCUT2D eigenvalue weighted by Gasteiger charge is -2.34. The van der Waals surface area contributed by atoms with E-state index in [1.165, 1.54) is 6.07 Å². The number of nitrogens with one attached hydrogen (secondary N) is 1. The Hall–Kier alpha value is -0.600. The molecule has 17 heavy (non-hydrogen) atoms. The number of halogens is 2. The largest absolute Gasteiger partial charge is 0.310 e. The Morgan fingerprint density at radius 1 is 1.35 bits per heavy atom. The summed E-state index contributed by atoms with van der Waals surface area (Å²) in [6, 6.07) is 4.92. The van der Waals surface area contributed by atoms with Crippen LogP contribution < -0.4 is 5.32 Å². The summed E-state index contributed by atoms with van der Waals surface area (Å²) in [5.74, 6) is -0.232. The van der Waals surface area contributed by atoms with Crippen LogP contribution in [0.25, 0.3) is 0 Å². The van der Waals surface area contributed by atoms with Gasteiger partial charge in [0.25, 0.3) is 0 Å². The Morgan fingerprint density at radius 3 is 2.47 bits per heavy atom. The standard InChI is InChI=1S/C14H21ClFN/c1-5-14(3,4)13(17-6-2)11-8-7-10(15)9-12(11)16/h7-9,13,17H,5-6H2,1-4H3. The molecule has 0 saturated carbocycles. The third kappa shape index (κ3) is 3.43. The van der Waals surface area contributed by atoms with Gasteiger partial charge in [0.05, 0.1) is 0 Å². The molecule has 0 amide bonds. The van der Waals surface area contributed by atoms with Gasteiger partial charge in [0.2, 0.25) is 0 Å². The Balaban J connectivity index is 3.14. The summed E-state index contributed by atoms with van der Waals surface area (Å²) in [6.45, 7) is 9.27. The summed E-state index contributed by atoms with van der Waals surface area (Å²) in [6.07, 6.45) is 0.979. The van der Waals surface area contributed by atoms with Gasteiger partial charge in [0.1, 0.15) is 5.82 Å². The first-order chi connectivity index (χ1) is 7.92. The molecule has 0 bridgehead atoms. The molecule has 96 valence electrons. The third-order valence-electron chi connectivity index (χ3n) is 3.37. The van der Waals surface area contributed by atoms with Gasteiger partial charge in [-0.15, -0.1) is 0 Å². The lowest BCUT2D eigenvalue weighted by molar-refractivity contribution is 0.232. The fourth-order valence-corrected chi connectivity index (χ4v) is 2.11. The van der Waals surface area contributed by atoms with E-state index in [2.05, 4.69) is 26.1 Å². The van der Waals surface area contributed by atoms with Crippen molar-refractivity contribution >= 4 is 11.6 Å². The second-order valence-corrected chi connectivity index (χ2v) is 5.44. The zero-order chi connectivity index (χ0) is 13.1. The van der Waals surface area contributed by atoms with Gasteiger partial charge in [-0.05, 0) is 30.5 Å². The highest BCUT2D eigenvalue weighted by molar-refractivity contribution is 6.30. The van der Waals surface area contributed by atoms with Gasteiger partial charge in [-0.2, -0.15) is 0 Å². The molecule has 1 aromatic rings. The van der Waals surface area contributed by atoms with Gasteiger partial charge in [-0.1, -0.05) is 45.4 Å². The van der Waals surface area contributed by atoms with E-state index in [1.54, 1.807) is 12.1 Å². The molecule has 1 atom stereocenters. The Labute approximate surface area is 108 Å². The maximum Gasteiger partial charge on any atom is 0.129 e. The van der Waals surface area contributed by atoms with Crippen LogP contribution in [-0.2, 0) is 0 Å². The molecule has 0 aliphatic carbocycles. The molecule has 1 N–H and O–H groups in total. The van der Waals surface area contributed by atoms with Crippen LogP contribution in [0.2, 0.25) is 5.02 Å². The van der Waals surface area contributed by atoms with Crippen LogP contribution in [0.5, 0.6) is 0 Å². The highest BCUT2D eigenvalue weighted by Crippen LogP contribution is 2.37. The summed E-state index contributed by atoms with van der Waals surface area (Å²) in [4.78, 5) is 0. The molecule has 1 rings (SSSR count). The molecule has 0 radical (unpaired) electrons. The first kappa shape index (κ1) is 14.5. The van der Waals surface area contributed by atoms with Crippen LogP contribution in [0.1, 0.15) is 45.7 Å². The van der Waals surface area contributed by atoms with Gasteiger partial charge in [-0.3, -0.25) is 0 Å². The molecule has 0 aromatic heterocycles. The number of hydrogen-bond acceptors (Lipinski definition) is 1. The maximum absolute atomic E-state index is 14.0. The molecule has 0 heterocycles. The molecular weight excluding hydrogens is 237 g/mol. The number of hydrogen-bond donors (Lipinski definition) is 1. The zero-order valence-electron chi connectivity index (χ0n) is 11.0. The maximum atomic E-state index is 14.0. The second-order valence-electron chi connectivity index (χ2n) is 5.00. The van der Waals surface area contributed by atoms with E-state index in [-0.39, 0.29) is 17.3 Å². The van der Waals surface area contributed by atoms with Crippen molar-refractivity contribution in [1.29, 1.82) is 0 Å². The summed E-state index contributed by atoms with van der Waals surface area (Å²) in [5, 5.41) is 3.81. The predicted octanol–water partition coefficient (Wildman–Crippen LogP) is 4.57. The molecule has 0 aliphatic heterocycles. The first-order valence-electron chi connectivity index (χ1n) is 6.10. The number of rotatable bonds is 5. The summed E-state index contributed by atoms with van der Waals surface area (Å²) in [5.41, 5.74) is 0.702. The van der Waals surface area contributed by atoms with E-state index in [0.29, 0.717) is 10.6 Å². The van der Waals surface area contributed by atoms with Crippen molar-refractivity contribution < 1.29 is 4.39 Å². The Bertz CT molecular complexity index is 376. The molecule has 0 spiro atoms. The van der Waals surface area contributed by atoms with Crippen molar-refractivity contribution in [3.63, 3.8) is 0 Å². The molecular formula is C14H21ClFN. The van der Waals surface area contributed by atoms with E-state index in [4.69, 9.17) is 11.6 Å². The topological polar surface area (TPSA) is 12.0 Å². The molecule has 3 heteroatoms. The monoisotopic (exact) mass is 257 g/mol. The summed E-state index contributed by atoms with van der Waals surface area (Å²) in [7, 11) is 0. The molecule has 1 unspecified atom stereocenters. The van der Waals surface area contributed by atoms with Crippen molar-refractivity contribution in [2.24, 2.45) is 5.41 Å². The normalized spacial score (nSPS) is 13.8. The lowest BCUT2D eigenvalue weighted by Crippen LogP contribution is -2.34. The van der Waals surface area contributed by atoms with Gasteiger partial charge in [0, 0.05) is 16.6 Å². The summed E-state index contributed by atoms with van der Waals surface area (Å²) < 4.78 is 14.0. The van der Waals surface area contributed by atoms with Gasteiger partial charge < -0.3 is 5.32 Å². The highest BCUT2D eigenvalue weighted by atomic mass is 35.5. The van der Waals surface area contributed by atoms with E-state index in [9.17, 15) is 4.39 Å². The van der Waals surface area contributed by atoms with Gasteiger partial charge in [0.15, 0.2) is 0 Å². The molecule has 0 aliphatic rings. The SMILES string of the molecule is CCNC(c1ccc(Cl)cc1F)C(C)(C)CC. The smallest absolute Gasteiger partial charge is 0.129 e. The Morgan fingerprint density at radius 2 is 2.00 bits per heavy atom. The van der Waals surface area contributed by atoms with Crippen LogP contribution in [-0.4, -0.2) is 6.54 Å². The van der Waals surface area contributed by atoms with Crippen LogP contribution in [0.4, 0.5) is 4.39 Å². The van der Waals surface area contributed by atoms with Crippen molar-refractivity contribution in [3.05, 3.63) is 34.6 Å². The van der Waals surface area contributed by atoms with E-state index >= 15 is 0 Å². The summed E-state index contributed by atoms with van der Waals surface area (Å²) >= 11 is 5.79. The van der Waals surface area contributed by atoms with Crippen LogP contribution in [0.3, 0.4) is 0 Å². The van der Waals surface area contributed by atoms with E-state index < -0.39 is 0 Å². The average Bonchev–Trinajstić information content (AvgIpc) is 2.27. The van der Waals surface area contributed by atoms with Crippen LogP contribution >= 0.6 is 11.6 Å². The highest BCUT2D eigenvalue weighted by Gasteiger charge is 2.30. The van der Waals surface area contributed by atoms with Crippen molar-refractivity contribution in [2.45, 2.75) is 40.2 Å². The van der Waals surface area contributed by atoms with Crippen molar-refractivity contribution in [1.82, 2.24) is 5.32 Å². The van der Waals surface area contributed by atoms with Crippen molar-refractivity contribution in [3.8, 4) is 0 Å². The molecule has 1 nitrogen and oxygen atoms in total. The minimum Gasteiger partial charge on any atom is -0.310 e. The fraction of sp³-hybridized carbons (Fsp3) is 0.571. The van der Waals surface area contributed by atoms with Crippen LogP contribution in [0.15, 0.2) is 18.2 Å². The Kier molecular flexibility index (Phi) is 4.96. The first-order valence-corrected chi connectivity index (χ1v) is 6.48. The average molecular weight is 258 g/mol. The zero-order valence-corrected chi connectivity index (χ0v) is 11.7. The lowest BCUT2D eigenvalue weighted by atomic mass is 9.78. The molecule has 0 fully saturated rings. The minimum absolute atomic E-state index is 0.00464. The molecule has 1 aromatic carbocycles. The van der Waals surface area contributed by atoms with E-state index in [0.717, 1.165) is 13.0 Å². The van der Waals surface area contributed by atoms with Crippen molar-refractivity contribution in [2.75, 3.05) is 6.54 Å². The predicted molar refractivity (Wildman–Crippen MR) is 71.9 cm³/mol. The quantitative estimate of drug-likeness (QED) is 0.815. The fourth-order valence-electron chi connectivity index (χ4n) is 1.95.